The number of ketones is 1. The number of aromatic amines is 1. The fourth-order valence-corrected chi connectivity index (χ4v) is 2.68. The number of nitrogens with zero attached hydrogens (tertiary/aromatic N) is 1. The van der Waals surface area contributed by atoms with E-state index >= 15 is 0 Å². The number of hydrogen-bond acceptors (Lipinski definition) is 4. The molecule has 0 spiro atoms. The molecule has 0 aliphatic carbocycles. The molecule has 0 unspecified atom stereocenters. The van der Waals surface area contributed by atoms with Gasteiger partial charge in [0, 0.05) is 18.4 Å². The second-order valence-electron chi connectivity index (χ2n) is 5.60. The van der Waals surface area contributed by atoms with Crippen LogP contribution < -0.4 is 4.90 Å². The van der Waals surface area contributed by atoms with Crippen LogP contribution >= 0.6 is 0 Å². The third-order valence-electron chi connectivity index (χ3n) is 4.20. The molecule has 122 valence electrons. The first kappa shape index (κ1) is 16.8. The fraction of sp³-hybridized carbons (Fsp3) is 0.333. The summed E-state index contributed by atoms with van der Waals surface area (Å²) in [6, 6.07) is 9.35. The number of rotatable bonds is 5. The Balaban J connectivity index is 2.32. The number of Topliss-reactive ketones (excluding diaryl/α,β-unsaturated/α-hetero) is 1. The second-order valence-corrected chi connectivity index (χ2v) is 5.60. The Morgan fingerprint density at radius 2 is 1.78 bits per heavy atom. The lowest BCUT2D eigenvalue weighted by molar-refractivity contribution is 0.0599. The molecule has 0 radical (unpaired) electrons. The van der Waals surface area contributed by atoms with Crippen LogP contribution in [0.5, 0.6) is 0 Å². The molecule has 0 saturated carbocycles. The van der Waals surface area contributed by atoms with Crippen LogP contribution in [0.25, 0.3) is 0 Å². The number of para-hydroxylation sites is 1. The van der Waals surface area contributed by atoms with Gasteiger partial charge in [0.05, 0.1) is 24.4 Å². The normalized spacial score (nSPS) is 11.9. The number of nitrogens with one attached hydrogen (secondary N) is 1. The monoisotopic (exact) mass is 314 g/mol. The van der Waals surface area contributed by atoms with Crippen molar-refractivity contribution in [3.63, 3.8) is 0 Å². The van der Waals surface area contributed by atoms with Crippen LogP contribution in [0.1, 0.15) is 39.0 Å². The number of ether oxygens (including phenoxy) is 1. The number of likely N-dealkylation sites (N-methyl/N-ethyl adjacent to an activating group) is 1. The summed E-state index contributed by atoms with van der Waals surface area (Å²) >= 11 is 0. The first-order chi connectivity index (χ1) is 10.9. The molecule has 0 saturated heterocycles. The summed E-state index contributed by atoms with van der Waals surface area (Å²) in [6.45, 7) is 5.38. The van der Waals surface area contributed by atoms with E-state index in [-0.39, 0.29) is 11.8 Å². The van der Waals surface area contributed by atoms with Gasteiger partial charge in [-0.2, -0.15) is 0 Å². The Hall–Kier alpha value is -2.56. The van der Waals surface area contributed by atoms with E-state index in [0.717, 1.165) is 5.69 Å². The smallest absolute Gasteiger partial charge is 0.339 e. The molecule has 0 aliphatic rings. The highest BCUT2D eigenvalue weighted by Crippen LogP contribution is 2.22. The Labute approximate surface area is 136 Å². The van der Waals surface area contributed by atoms with E-state index in [4.69, 9.17) is 4.74 Å². The van der Waals surface area contributed by atoms with Crippen molar-refractivity contribution < 1.29 is 14.3 Å². The molecular weight excluding hydrogens is 292 g/mol. The van der Waals surface area contributed by atoms with Crippen molar-refractivity contribution in [2.24, 2.45) is 0 Å². The second kappa shape index (κ2) is 6.69. The Morgan fingerprint density at radius 3 is 2.35 bits per heavy atom. The Kier molecular flexibility index (Phi) is 4.89. The van der Waals surface area contributed by atoms with E-state index in [1.165, 1.54) is 7.11 Å². The zero-order chi connectivity index (χ0) is 17.1. The molecular formula is C18H22N2O3. The molecule has 0 fully saturated rings. The third-order valence-corrected chi connectivity index (χ3v) is 4.20. The van der Waals surface area contributed by atoms with Crippen LogP contribution in [0.4, 0.5) is 5.69 Å². The van der Waals surface area contributed by atoms with Crippen LogP contribution in [0.3, 0.4) is 0 Å². The quantitative estimate of drug-likeness (QED) is 0.680. The number of anilines is 1. The number of hydrogen-bond donors (Lipinski definition) is 1. The topological polar surface area (TPSA) is 62.4 Å². The minimum atomic E-state index is -0.431. The van der Waals surface area contributed by atoms with Crippen molar-refractivity contribution in [3.05, 3.63) is 52.8 Å². The highest BCUT2D eigenvalue weighted by molar-refractivity contribution is 6.04. The van der Waals surface area contributed by atoms with Gasteiger partial charge >= 0.3 is 5.97 Å². The van der Waals surface area contributed by atoms with Gasteiger partial charge in [-0.3, -0.25) is 4.79 Å². The van der Waals surface area contributed by atoms with E-state index in [9.17, 15) is 9.59 Å². The van der Waals surface area contributed by atoms with Crippen molar-refractivity contribution >= 4 is 17.4 Å². The largest absolute Gasteiger partial charge is 0.465 e. The SMILES string of the molecule is COC(=O)c1c(C)[nH]c(C(=O)[C@@H](C)N(C)c2ccccc2)c1C. The van der Waals surface area contributed by atoms with Crippen molar-refractivity contribution in [3.8, 4) is 0 Å². The molecule has 1 N–H and O–H groups in total. The van der Waals surface area contributed by atoms with E-state index in [1.807, 2.05) is 49.2 Å². The number of H-pyrrole nitrogens is 1. The van der Waals surface area contributed by atoms with Gasteiger partial charge in [0.2, 0.25) is 5.78 Å². The number of aryl methyl sites for hydroxylation is 1. The minimum Gasteiger partial charge on any atom is -0.465 e. The van der Waals surface area contributed by atoms with Gasteiger partial charge in [0.25, 0.3) is 0 Å². The molecule has 2 aromatic rings. The summed E-state index contributed by atoms with van der Waals surface area (Å²) in [6.07, 6.45) is 0. The zero-order valence-electron chi connectivity index (χ0n) is 14.1. The van der Waals surface area contributed by atoms with Gasteiger partial charge in [-0.15, -0.1) is 0 Å². The van der Waals surface area contributed by atoms with Crippen LogP contribution in [0.15, 0.2) is 30.3 Å². The average Bonchev–Trinajstić information content (AvgIpc) is 2.87. The molecule has 5 nitrogen and oxygen atoms in total. The summed E-state index contributed by atoms with van der Waals surface area (Å²) in [5.41, 5.74) is 3.13. The average molecular weight is 314 g/mol. The molecule has 0 amide bonds. The van der Waals surface area contributed by atoms with Crippen molar-refractivity contribution in [1.29, 1.82) is 0 Å². The zero-order valence-corrected chi connectivity index (χ0v) is 14.1. The molecule has 1 atom stereocenters. The highest BCUT2D eigenvalue weighted by Gasteiger charge is 2.27. The summed E-state index contributed by atoms with van der Waals surface area (Å²) < 4.78 is 4.79. The van der Waals surface area contributed by atoms with E-state index < -0.39 is 5.97 Å². The molecule has 0 aliphatic heterocycles. The molecule has 5 heteroatoms. The lowest BCUT2D eigenvalue weighted by Gasteiger charge is -2.25. The van der Waals surface area contributed by atoms with Crippen molar-refractivity contribution in [1.82, 2.24) is 4.98 Å². The first-order valence-corrected chi connectivity index (χ1v) is 7.48. The van der Waals surface area contributed by atoms with Crippen LogP contribution in [0.2, 0.25) is 0 Å². The summed E-state index contributed by atoms with van der Waals surface area (Å²) in [7, 11) is 3.21. The lowest BCUT2D eigenvalue weighted by atomic mass is 10.0. The van der Waals surface area contributed by atoms with Gasteiger partial charge in [0.1, 0.15) is 0 Å². The summed E-state index contributed by atoms with van der Waals surface area (Å²) in [5.74, 6) is -0.494. The van der Waals surface area contributed by atoms with Crippen LogP contribution in [-0.4, -0.2) is 36.9 Å². The highest BCUT2D eigenvalue weighted by atomic mass is 16.5. The number of carbonyl (C=O) groups is 2. The lowest BCUT2D eigenvalue weighted by Crippen LogP contribution is -2.36. The predicted octanol–water partition coefficient (Wildman–Crippen LogP) is 3.13. The molecule has 0 bridgehead atoms. The number of esters is 1. The Morgan fingerprint density at radius 1 is 1.17 bits per heavy atom. The standard InChI is InChI=1S/C18H22N2O3/c1-11-15(18(22)23-5)12(2)19-16(11)17(21)13(3)20(4)14-9-7-6-8-10-14/h6-10,13,19H,1-5H3/t13-/m1/s1. The number of methoxy groups -OCH3 is 1. The van der Waals surface area contributed by atoms with Gasteiger partial charge in [-0.1, -0.05) is 18.2 Å². The van der Waals surface area contributed by atoms with Gasteiger partial charge in [0.15, 0.2) is 0 Å². The number of benzene rings is 1. The van der Waals surface area contributed by atoms with Crippen LogP contribution in [-0.2, 0) is 4.74 Å². The molecule has 2 rings (SSSR count). The molecule has 23 heavy (non-hydrogen) atoms. The molecule has 1 aromatic carbocycles. The maximum absolute atomic E-state index is 12.8. The maximum Gasteiger partial charge on any atom is 0.339 e. The molecule has 1 heterocycles. The van der Waals surface area contributed by atoms with E-state index in [0.29, 0.717) is 22.5 Å². The minimum absolute atomic E-state index is 0.0629. The van der Waals surface area contributed by atoms with Gasteiger partial charge < -0.3 is 14.6 Å². The van der Waals surface area contributed by atoms with Crippen LogP contribution in [0, 0.1) is 13.8 Å². The van der Waals surface area contributed by atoms with E-state index in [1.54, 1.807) is 13.8 Å². The summed E-state index contributed by atoms with van der Waals surface area (Å²) in [5, 5.41) is 0. The first-order valence-electron chi connectivity index (χ1n) is 7.48. The Bertz CT molecular complexity index is 719. The third kappa shape index (κ3) is 3.13. The van der Waals surface area contributed by atoms with Gasteiger partial charge in [-0.25, -0.2) is 4.79 Å². The van der Waals surface area contributed by atoms with Gasteiger partial charge in [-0.05, 0) is 38.5 Å². The predicted molar refractivity (Wildman–Crippen MR) is 90.2 cm³/mol. The van der Waals surface area contributed by atoms with E-state index in [2.05, 4.69) is 4.98 Å². The molecule has 1 aromatic heterocycles. The number of aromatic nitrogens is 1. The summed E-state index contributed by atoms with van der Waals surface area (Å²) in [4.78, 5) is 29.6. The van der Waals surface area contributed by atoms with Crippen molar-refractivity contribution in [2.45, 2.75) is 26.8 Å². The maximum atomic E-state index is 12.8. The fourth-order valence-electron chi connectivity index (χ4n) is 2.68. The number of carbonyl (C=O) groups excluding carboxylic acids is 2. The van der Waals surface area contributed by atoms with Crippen molar-refractivity contribution in [2.75, 3.05) is 19.1 Å².